The molecule has 0 aromatic carbocycles. The van der Waals surface area contributed by atoms with Gasteiger partial charge in [0, 0.05) is 19.6 Å². The molecule has 1 aliphatic rings. The topological polar surface area (TPSA) is 98.3 Å². The maximum atomic E-state index is 12.3. The Kier molecular flexibility index (Phi) is 4.20. The van der Waals surface area contributed by atoms with Crippen molar-refractivity contribution in [2.45, 2.75) is 45.4 Å². The highest BCUT2D eigenvalue weighted by molar-refractivity contribution is 7.92. The Balaban J connectivity index is 2.47. The van der Waals surface area contributed by atoms with Crippen LogP contribution < -0.4 is 4.90 Å². The summed E-state index contributed by atoms with van der Waals surface area (Å²) in [7, 11) is -3.23. The lowest BCUT2D eigenvalue weighted by Crippen LogP contribution is -2.33. The fourth-order valence-electron chi connectivity index (χ4n) is 2.70. The number of rotatable bonds is 3. The van der Waals surface area contributed by atoms with Crippen LogP contribution in [-0.4, -0.2) is 46.7 Å². The van der Waals surface area contributed by atoms with Gasteiger partial charge < -0.3 is 4.90 Å². The maximum absolute atomic E-state index is 12.3. The second-order valence-electron chi connectivity index (χ2n) is 6.15. The van der Waals surface area contributed by atoms with Gasteiger partial charge in [0.25, 0.3) is 0 Å². The zero-order chi connectivity index (χ0) is 16.7. The lowest BCUT2D eigenvalue weighted by molar-refractivity contribution is -0.384. The lowest BCUT2D eigenvalue weighted by Gasteiger charge is -2.23. The average molecular weight is 330 g/mol. The Hall–Kier alpha value is -1.64. The number of nitrogens with zero attached hydrogens (tertiary/aromatic N) is 4. The number of sulfone groups is 1. The summed E-state index contributed by atoms with van der Waals surface area (Å²) in [6, 6.07) is 0. The Morgan fingerprint density at radius 3 is 2.55 bits per heavy atom. The summed E-state index contributed by atoms with van der Waals surface area (Å²) >= 11 is 0. The van der Waals surface area contributed by atoms with E-state index in [1.807, 2.05) is 6.92 Å². The molecule has 0 atom stereocenters. The first-order valence-electron chi connectivity index (χ1n) is 7.30. The number of hydrogen-bond donors (Lipinski definition) is 0. The van der Waals surface area contributed by atoms with E-state index in [0.717, 1.165) is 0 Å². The molecule has 2 rings (SSSR count). The van der Waals surface area contributed by atoms with Gasteiger partial charge >= 0.3 is 5.69 Å². The van der Waals surface area contributed by atoms with Crippen LogP contribution in [0, 0.1) is 17.0 Å². The van der Waals surface area contributed by atoms with Crippen molar-refractivity contribution in [3.8, 4) is 0 Å². The molecule has 1 fully saturated rings. The molecular formula is C13H22N4O4S. The first-order chi connectivity index (χ1) is 10.1. The predicted octanol–water partition coefficient (Wildman–Crippen LogP) is 1.52. The third-order valence-electron chi connectivity index (χ3n) is 4.31. The van der Waals surface area contributed by atoms with Gasteiger partial charge in [0.1, 0.15) is 5.69 Å². The summed E-state index contributed by atoms with van der Waals surface area (Å²) in [5, 5.41) is 15.6. The van der Waals surface area contributed by atoms with Gasteiger partial charge in [-0.3, -0.25) is 10.1 Å². The number of anilines is 1. The van der Waals surface area contributed by atoms with Crippen LogP contribution in [0.3, 0.4) is 0 Å². The molecule has 1 aromatic rings. The molecular weight excluding hydrogens is 308 g/mol. The Labute approximate surface area is 130 Å². The van der Waals surface area contributed by atoms with Crippen LogP contribution in [0.2, 0.25) is 0 Å². The van der Waals surface area contributed by atoms with Crippen LogP contribution in [0.25, 0.3) is 0 Å². The SMILES string of the molecule is CCn1nc(C)c([N+](=O)[O-])c1N1CCC(C)(C)S(=O)(=O)CC1. The fourth-order valence-corrected chi connectivity index (χ4v) is 4.11. The molecule has 1 saturated heterocycles. The average Bonchev–Trinajstić information content (AvgIpc) is 2.70. The second kappa shape index (κ2) is 5.53. The van der Waals surface area contributed by atoms with Crippen LogP contribution in [0.15, 0.2) is 0 Å². The van der Waals surface area contributed by atoms with Gasteiger partial charge in [-0.15, -0.1) is 0 Å². The van der Waals surface area contributed by atoms with Crippen LogP contribution in [0.1, 0.15) is 32.9 Å². The molecule has 0 bridgehead atoms. The van der Waals surface area contributed by atoms with E-state index in [2.05, 4.69) is 5.10 Å². The predicted molar refractivity (Wildman–Crippen MR) is 84.0 cm³/mol. The Morgan fingerprint density at radius 2 is 2.00 bits per heavy atom. The molecule has 0 radical (unpaired) electrons. The first kappa shape index (κ1) is 16.7. The minimum Gasteiger partial charge on any atom is -0.350 e. The van der Waals surface area contributed by atoms with Gasteiger partial charge in [-0.1, -0.05) is 0 Å². The highest BCUT2D eigenvalue weighted by atomic mass is 32.2. The third kappa shape index (κ3) is 2.69. The molecule has 1 aromatic heterocycles. The summed E-state index contributed by atoms with van der Waals surface area (Å²) in [4.78, 5) is 12.7. The van der Waals surface area contributed by atoms with E-state index in [-0.39, 0.29) is 18.0 Å². The van der Waals surface area contributed by atoms with Crippen LogP contribution in [-0.2, 0) is 16.4 Å². The van der Waals surface area contributed by atoms with E-state index in [9.17, 15) is 18.5 Å². The summed E-state index contributed by atoms with van der Waals surface area (Å²) in [5.74, 6) is 0.406. The van der Waals surface area contributed by atoms with E-state index < -0.39 is 19.5 Å². The van der Waals surface area contributed by atoms with Crippen LogP contribution >= 0.6 is 0 Å². The van der Waals surface area contributed by atoms with Gasteiger partial charge in [-0.25, -0.2) is 13.1 Å². The summed E-state index contributed by atoms with van der Waals surface area (Å²) < 4.78 is 25.4. The molecule has 1 aliphatic heterocycles. The molecule has 124 valence electrons. The van der Waals surface area contributed by atoms with E-state index in [4.69, 9.17) is 0 Å². The highest BCUT2D eigenvalue weighted by Gasteiger charge is 2.39. The number of nitro groups is 1. The fraction of sp³-hybridized carbons (Fsp3) is 0.769. The van der Waals surface area contributed by atoms with Crippen molar-refractivity contribution >= 4 is 21.3 Å². The van der Waals surface area contributed by atoms with Gasteiger partial charge in [-0.05, 0) is 34.1 Å². The summed E-state index contributed by atoms with van der Waals surface area (Å²) in [6.45, 7) is 8.09. The minimum atomic E-state index is -3.23. The molecule has 0 unspecified atom stereocenters. The van der Waals surface area contributed by atoms with Gasteiger partial charge in [0.2, 0.25) is 5.82 Å². The smallest absolute Gasteiger partial charge is 0.333 e. The molecule has 0 N–H and O–H groups in total. The Morgan fingerprint density at radius 1 is 1.36 bits per heavy atom. The van der Waals surface area contributed by atoms with Gasteiger partial charge in [-0.2, -0.15) is 5.10 Å². The van der Waals surface area contributed by atoms with E-state index in [0.29, 0.717) is 31.0 Å². The molecule has 0 amide bonds. The second-order valence-corrected chi connectivity index (χ2v) is 8.89. The third-order valence-corrected chi connectivity index (χ3v) is 6.91. The number of aromatic nitrogens is 2. The van der Waals surface area contributed by atoms with Crippen molar-refractivity contribution in [1.82, 2.24) is 9.78 Å². The van der Waals surface area contributed by atoms with Gasteiger partial charge in [0.15, 0.2) is 9.84 Å². The molecule has 9 heteroatoms. The van der Waals surface area contributed by atoms with E-state index in [1.54, 1.807) is 30.4 Å². The van der Waals surface area contributed by atoms with E-state index in [1.165, 1.54) is 0 Å². The van der Waals surface area contributed by atoms with Crippen LogP contribution in [0.4, 0.5) is 11.5 Å². The zero-order valence-electron chi connectivity index (χ0n) is 13.4. The minimum absolute atomic E-state index is 0.00883. The lowest BCUT2D eigenvalue weighted by atomic mass is 10.1. The zero-order valence-corrected chi connectivity index (χ0v) is 14.2. The quantitative estimate of drug-likeness (QED) is 0.615. The van der Waals surface area contributed by atoms with Crippen molar-refractivity contribution in [3.63, 3.8) is 0 Å². The van der Waals surface area contributed by atoms with Crippen molar-refractivity contribution in [1.29, 1.82) is 0 Å². The van der Waals surface area contributed by atoms with Crippen molar-refractivity contribution in [2.24, 2.45) is 0 Å². The summed E-state index contributed by atoms with van der Waals surface area (Å²) in [6.07, 6.45) is 0.431. The van der Waals surface area contributed by atoms with Crippen LogP contribution in [0.5, 0.6) is 0 Å². The monoisotopic (exact) mass is 330 g/mol. The molecule has 22 heavy (non-hydrogen) atoms. The molecule has 8 nitrogen and oxygen atoms in total. The maximum Gasteiger partial charge on any atom is 0.333 e. The molecule has 0 aliphatic carbocycles. The molecule has 2 heterocycles. The highest BCUT2D eigenvalue weighted by Crippen LogP contribution is 2.34. The number of aryl methyl sites for hydroxylation is 2. The largest absolute Gasteiger partial charge is 0.350 e. The van der Waals surface area contributed by atoms with Crippen molar-refractivity contribution in [3.05, 3.63) is 15.8 Å². The van der Waals surface area contributed by atoms with Crippen molar-refractivity contribution in [2.75, 3.05) is 23.7 Å². The number of hydrogen-bond acceptors (Lipinski definition) is 6. The van der Waals surface area contributed by atoms with E-state index >= 15 is 0 Å². The Bertz CT molecular complexity index is 693. The normalized spacial score (nSPS) is 20.6. The summed E-state index contributed by atoms with van der Waals surface area (Å²) in [5.41, 5.74) is 0.326. The van der Waals surface area contributed by atoms with Gasteiger partial charge in [0.05, 0.1) is 15.4 Å². The first-order valence-corrected chi connectivity index (χ1v) is 8.95. The molecule has 0 spiro atoms. The molecule has 0 saturated carbocycles. The standard InChI is InChI=1S/C13H22N4O4S/c1-5-16-12(11(17(18)19)10(2)14-16)15-7-6-13(3,4)22(20,21)9-8-15/h5-9H2,1-4H3. The van der Waals surface area contributed by atoms with Crippen molar-refractivity contribution < 1.29 is 13.3 Å².